The highest BCUT2D eigenvalue weighted by Crippen LogP contribution is 2.30. The Hall–Kier alpha value is -2.54. The molecule has 0 saturated carbocycles. The Balaban J connectivity index is 1.49. The summed E-state index contributed by atoms with van der Waals surface area (Å²) < 4.78 is 18.8. The van der Waals surface area contributed by atoms with E-state index in [1.165, 1.54) is 19.4 Å². The highest BCUT2D eigenvalue weighted by atomic mass is 19.1. The summed E-state index contributed by atoms with van der Waals surface area (Å²) in [6.45, 7) is 3.10. The van der Waals surface area contributed by atoms with Gasteiger partial charge in [-0.05, 0) is 36.5 Å². The zero-order chi connectivity index (χ0) is 18.8. The summed E-state index contributed by atoms with van der Waals surface area (Å²) in [5, 5.41) is 0. The second-order valence-electron chi connectivity index (χ2n) is 7.30. The first kappa shape index (κ1) is 17.9. The van der Waals surface area contributed by atoms with Gasteiger partial charge in [-0.3, -0.25) is 14.7 Å². The van der Waals surface area contributed by atoms with Crippen molar-refractivity contribution in [2.24, 2.45) is 5.92 Å². The van der Waals surface area contributed by atoms with Gasteiger partial charge in [0.15, 0.2) is 11.6 Å². The van der Waals surface area contributed by atoms with E-state index in [0.29, 0.717) is 24.2 Å². The number of halogens is 1. The predicted octanol–water partition coefficient (Wildman–Crippen LogP) is 2.36. The Kier molecular flexibility index (Phi) is 5.03. The molecule has 3 fully saturated rings. The summed E-state index contributed by atoms with van der Waals surface area (Å²) in [5.41, 5.74) is 1.42. The maximum Gasteiger partial charge on any atom is 0.274 e. The molecule has 0 spiro atoms. The summed E-state index contributed by atoms with van der Waals surface area (Å²) in [5.74, 6) is 0.309. The molecule has 0 radical (unpaired) electrons. The zero-order valence-electron chi connectivity index (χ0n) is 15.3. The Labute approximate surface area is 158 Å². The van der Waals surface area contributed by atoms with Crippen molar-refractivity contribution in [2.75, 3.05) is 26.7 Å². The summed E-state index contributed by atoms with van der Waals surface area (Å²) in [6.07, 6.45) is 6.83. The normalized spacial score (nSPS) is 22.5. The third-order valence-corrected chi connectivity index (χ3v) is 5.50. The van der Waals surface area contributed by atoms with Crippen LogP contribution in [0.25, 0.3) is 0 Å². The van der Waals surface area contributed by atoms with Crippen molar-refractivity contribution in [1.29, 1.82) is 0 Å². The number of aromatic nitrogens is 2. The quantitative estimate of drug-likeness (QED) is 0.827. The van der Waals surface area contributed by atoms with Gasteiger partial charge in [-0.2, -0.15) is 0 Å². The van der Waals surface area contributed by atoms with Crippen molar-refractivity contribution in [2.45, 2.75) is 25.4 Å². The van der Waals surface area contributed by atoms with Crippen molar-refractivity contribution >= 4 is 5.91 Å². The number of nitrogens with zero attached hydrogens (tertiary/aromatic N) is 4. The number of hydrogen-bond donors (Lipinski definition) is 0. The molecular weight excluding hydrogens is 347 g/mol. The van der Waals surface area contributed by atoms with Crippen LogP contribution in [0.5, 0.6) is 5.75 Å². The Morgan fingerprint density at radius 1 is 1.26 bits per heavy atom. The van der Waals surface area contributed by atoms with Gasteiger partial charge in [0.1, 0.15) is 5.69 Å². The van der Waals surface area contributed by atoms with Crippen LogP contribution in [0.2, 0.25) is 0 Å². The predicted molar refractivity (Wildman–Crippen MR) is 97.8 cm³/mol. The lowest BCUT2D eigenvalue weighted by Gasteiger charge is -2.36. The van der Waals surface area contributed by atoms with Crippen molar-refractivity contribution in [3.63, 3.8) is 0 Å². The van der Waals surface area contributed by atoms with E-state index in [1.54, 1.807) is 24.5 Å². The molecule has 27 heavy (non-hydrogen) atoms. The van der Waals surface area contributed by atoms with Gasteiger partial charge < -0.3 is 9.64 Å². The first-order valence-corrected chi connectivity index (χ1v) is 9.26. The molecule has 3 aliphatic rings. The van der Waals surface area contributed by atoms with Crippen LogP contribution in [-0.4, -0.2) is 58.5 Å². The molecule has 4 heterocycles. The Morgan fingerprint density at radius 2 is 2.15 bits per heavy atom. The van der Waals surface area contributed by atoms with Crippen LogP contribution in [0.1, 0.15) is 28.9 Å². The summed E-state index contributed by atoms with van der Waals surface area (Å²) >= 11 is 0. The highest BCUT2D eigenvalue weighted by molar-refractivity contribution is 5.92. The fraction of sp³-hybridized carbons (Fsp3) is 0.450. The molecule has 7 heteroatoms. The molecule has 2 aromatic rings. The van der Waals surface area contributed by atoms with E-state index in [2.05, 4.69) is 14.9 Å². The van der Waals surface area contributed by atoms with E-state index in [9.17, 15) is 9.18 Å². The van der Waals surface area contributed by atoms with Gasteiger partial charge in [-0.1, -0.05) is 6.07 Å². The molecule has 6 nitrogen and oxygen atoms in total. The Morgan fingerprint density at radius 3 is 2.93 bits per heavy atom. The van der Waals surface area contributed by atoms with Crippen LogP contribution < -0.4 is 4.74 Å². The molecule has 2 bridgehead atoms. The molecule has 2 atom stereocenters. The Bertz CT molecular complexity index is 817. The summed E-state index contributed by atoms with van der Waals surface area (Å²) in [4.78, 5) is 25.3. The average Bonchev–Trinajstić information content (AvgIpc) is 3.01. The number of fused-ring (bicyclic) bond motifs is 4. The van der Waals surface area contributed by atoms with E-state index < -0.39 is 0 Å². The summed E-state index contributed by atoms with van der Waals surface area (Å²) in [7, 11) is 1.48. The van der Waals surface area contributed by atoms with Gasteiger partial charge in [-0.15, -0.1) is 0 Å². The molecule has 0 N–H and O–H groups in total. The molecule has 142 valence electrons. The lowest BCUT2D eigenvalue weighted by atomic mass is 9.94. The van der Waals surface area contributed by atoms with Gasteiger partial charge in [0, 0.05) is 44.6 Å². The fourth-order valence-electron chi connectivity index (χ4n) is 4.15. The van der Waals surface area contributed by atoms with E-state index >= 15 is 0 Å². The first-order chi connectivity index (χ1) is 13.1. The standard InChI is InChI=1S/C20H23FN4O2/c1-27-19-8-14(3-5-17(19)21)10-24-11-15-2-4-16(24)13-25(12-15)20(26)18-9-22-6-7-23-18/h3,5-9,15-16H,2,4,10-13H2,1H3. The lowest BCUT2D eigenvalue weighted by molar-refractivity contribution is 0.0729. The third-order valence-electron chi connectivity index (χ3n) is 5.50. The topological polar surface area (TPSA) is 58.6 Å². The van der Waals surface area contributed by atoms with Gasteiger partial charge in [-0.25, -0.2) is 9.37 Å². The van der Waals surface area contributed by atoms with Crippen LogP contribution in [0.4, 0.5) is 4.39 Å². The molecule has 0 aliphatic carbocycles. The monoisotopic (exact) mass is 370 g/mol. The van der Waals surface area contributed by atoms with E-state index in [-0.39, 0.29) is 17.5 Å². The largest absolute Gasteiger partial charge is 0.494 e. The van der Waals surface area contributed by atoms with Crippen LogP contribution in [0.15, 0.2) is 36.8 Å². The van der Waals surface area contributed by atoms with Gasteiger partial charge in [0.25, 0.3) is 5.91 Å². The van der Waals surface area contributed by atoms with Crippen molar-refractivity contribution < 1.29 is 13.9 Å². The van der Waals surface area contributed by atoms with Gasteiger partial charge in [0.2, 0.25) is 0 Å². The number of carbonyl (C=O) groups excluding carboxylic acids is 1. The van der Waals surface area contributed by atoms with Crippen LogP contribution in [0.3, 0.4) is 0 Å². The number of carbonyl (C=O) groups is 1. The number of benzene rings is 1. The smallest absolute Gasteiger partial charge is 0.274 e. The minimum atomic E-state index is -0.348. The number of amides is 1. The lowest BCUT2D eigenvalue weighted by Crippen LogP contribution is -2.44. The number of hydrogen-bond acceptors (Lipinski definition) is 5. The van der Waals surface area contributed by atoms with Crippen molar-refractivity contribution in [3.8, 4) is 5.75 Å². The maximum atomic E-state index is 13.7. The summed E-state index contributed by atoms with van der Waals surface area (Å²) in [6, 6.07) is 5.31. The number of piperidine rings is 1. The second-order valence-corrected chi connectivity index (χ2v) is 7.30. The highest BCUT2D eigenvalue weighted by Gasteiger charge is 2.36. The second kappa shape index (κ2) is 7.60. The van der Waals surface area contributed by atoms with E-state index in [1.807, 2.05) is 4.90 Å². The SMILES string of the molecule is COc1cc(CN2CC3CCC2CN(C(=O)c2cnccn2)C3)ccc1F. The van der Waals surface area contributed by atoms with E-state index in [0.717, 1.165) is 38.0 Å². The molecule has 3 aliphatic heterocycles. The van der Waals surface area contributed by atoms with E-state index in [4.69, 9.17) is 4.74 Å². The zero-order valence-corrected chi connectivity index (χ0v) is 15.3. The van der Waals surface area contributed by atoms with Crippen molar-refractivity contribution in [1.82, 2.24) is 19.8 Å². The van der Waals surface area contributed by atoms with Crippen LogP contribution in [0, 0.1) is 11.7 Å². The molecule has 3 saturated heterocycles. The number of methoxy groups -OCH3 is 1. The molecule has 5 rings (SSSR count). The van der Waals surface area contributed by atoms with Crippen molar-refractivity contribution in [3.05, 3.63) is 53.9 Å². The molecular formula is C20H23FN4O2. The molecule has 2 unspecified atom stereocenters. The van der Waals surface area contributed by atoms with Gasteiger partial charge >= 0.3 is 0 Å². The maximum absolute atomic E-state index is 13.7. The number of ether oxygens (including phenoxy) is 1. The van der Waals surface area contributed by atoms with Crippen LogP contribution in [-0.2, 0) is 6.54 Å². The minimum Gasteiger partial charge on any atom is -0.494 e. The van der Waals surface area contributed by atoms with Gasteiger partial charge in [0.05, 0.1) is 13.3 Å². The molecule has 1 amide bonds. The fourth-order valence-corrected chi connectivity index (χ4v) is 4.15. The molecule has 1 aromatic carbocycles. The minimum absolute atomic E-state index is 0.0506. The average molecular weight is 370 g/mol. The first-order valence-electron chi connectivity index (χ1n) is 9.26. The van der Waals surface area contributed by atoms with Crippen LogP contribution >= 0.6 is 0 Å². The number of rotatable bonds is 4. The third kappa shape index (κ3) is 3.78. The molecule has 1 aromatic heterocycles.